The summed E-state index contributed by atoms with van der Waals surface area (Å²) in [5.74, 6) is -0.455. The third-order valence-corrected chi connectivity index (χ3v) is 2.54. The van der Waals surface area contributed by atoms with E-state index in [0.717, 1.165) is 5.56 Å². The van der Waals surface area contributed by atoms with Crippen molar-refractivity contribution in [2.24, 2.45) is 0 Å². The second-order valence-electron chi connectivity index (χ2n) is 3.99. The Hall–Kier alpha value is -1.61. The predicted molar refractivity (Wildman–Crippen MR) is 66.6 cm³/mol. The van der Waals surface area contributed by atoms with Crippen molar-refractivity contribution in [2.75, 3.05) is 7.11 Å². The molecule has 2 unspecified atom stereocenters. The molecule has 92 valence electrons. The lowest BCUT2D eigenvalue weighted by molar-refractivity contribution is -0.172. The van der Waals surface area contributed by atoms with Gasteiger partial charge in [-0.25, -0.2) is 4.79 Å². The number of ether oxygens (including phenoxy) is 2. The van der Waals surface area contributed by atoms with Crippen LogP contribution >= 0.6 is 0 Å². The van der Waals surface area contributed by atoms with Gasteiger partial charge in [-0.3, -0.25) is 0 Å². The van der Waals surface area contributed by atoms with E-state index in [0.29, 0.717) is 5.57 Å². The van der Waals surface area contributed by atoms with Gasteiger partial charge in [0.15, 0.2) is 0 Å². The topological polar surface area (TPSA) is 35.5 Å². The number of benzene rings is 1. The lowest BCUT2D eigenvalue weighted by Crippen LogP contribution is -2.26. The van der Waals surface area contributed by atoms with Gasteiger partial charge in [-0.1, -0.05) is 43.8 Å². The lowest BCUT2D eigenvalue weighted by Gasteiger charge is -2.23. The molecule has 0 saturated carbocycles. The van der Waals surface area contributed by atoms with Crippen LogP contribution in [0, 0.1) is 0 Å². The maximum atomic E-state index is 11.4. The number of rotatable bonds is 5. The molecule has 0 heterocycles. The average molecular weight is 234 g/mol. The van der Waals surface area contributed by atoms with Crippen LogP contribution in [0.25, 0.3) is 0 Å². The third kappa shape index (κ3) is 3.71. The zero-order valence-corrected chi connectivity index (χ0v) is 10.5. The Morgan fingerprint density at radius 3 is 2.35 bits per heavy atom. The summed E-state index contributed by atoms with van der Waals surface area (Å²) in [6.07, 6.45) is -0.596. The smallest absolute Gasteiger partial charge is 0.335 e. The quantitative estimate of drug-likeness (QED) is 0.446. The summed E-state index contributed by atoms with van der Waals surface area (Å²) in [5.41, 5.74) is 1.43. The Morgan fingerprint density at radius 2 is 1.88 bits per heavy atom. The third-order valence-electron chi connectivity index (χ3n) is 2.54. The van der Waals surface area contributed by atoms with Gasteiger partial charge in [0.2, 0.25) is 6.29 Å². The predicted octanol–water partition coefficient (Wildman–Crippen LogP) is 2.88. The Balaban J connectivity index is 2.74. The molecule has 0 radical (unpaired) electrons. The Bertz CT molecular complexity index is 384. The zero-order valence-electron chi connectivity index (χ0n) is 10.5. The van der Waals surface area contributed by atoms with E-state index in [4.69, 9.17) is 9.47 Å². The Kier molecular flexibility index (Phi) is 4.91. The van der Waals surface area contributed by atoms with Gasteiger partial charge in [-0.15, -0.1) is 0 Å². The van der Waals surface area contributed by atoms with Gasteiger partial charge in [0.05, 0.1) is 0 Å². The Labute approximate surface area is 102 Å². The van der Waals surface area contributed by atoms with Gasteiger partial charge in [0.25, 0.3) is 0 Å². The minimum Gasteiger partial charge on any atom is -0.432 e. The molecule has 0 aliphatic carbocycles. The van der Waals surface area contributed by atoms with Crippen molar-refractivity contribution in [3.05, 3.63) is 48.0 Å². The molecule has 0 fully saturated rings. The molecule has 1 rings (SSSR count). The van der Waals surface area contributed by atoms with Crippen LogP contribution in [0.1, 0.15) is 25.3 Å². The fourth-order valence-corrected chi connectivity index (χ4v) is 1.47. The van der Waals surface area contributed by atoms with Crippen molar-refractivity contribution in [2.45, 2.75) is 26.1 Å². The van der Waals surface area contributed by atoms with Gasteiger partial charge in [0, 0.05) is 18.6 Å². The summed E-state index contributed by atoms with van der Waals surface area (Å²) >= 11 is 0. The van der Waals surface area contributed by atoms with Gasteiger partial charge in [-0.2, -0.15) is 0 Å². The molecule has 0 aliphatic rings. The van der Waals surface area contributed by atoms with E-state index < -0.39 is 12.3 Å². The standard InChI is InChI=1S/C14H18O3/c1-10(2)13(15)17-14(16-4)11(3)12-8-6-5-7-9-12/h5-9,11,14H,1H2,2-4H3. The van der Waals surface area contributed by atoms with Crippen molar-refractivity contribution in [3.63, 3.8) is 0 Å². The van der Waals surface area contributed by atoms with E-state index in [2.05, 4.69) is 6.58 Å². The van der Waals surface area contributed by atoms with E-state index in [-0.39, 0.29) is 5.92 Å². The SMILES string of the molecule is C=C(C)C(=O)OC(OC)C(C)c1ccccc1. The number of methoxy groups -OCH3 is 1. The summed E-state index contributed by atoms with van der Waals surface area (Å²) < 4.78 is 10.4. The first-order valence-corrected chi connectivity index (χ1v) is 5.50. The number of hydrogen-bond donors (Lipinski definition) is 0. The maximum Gasteiger partial charge on any atom is 0.335 e. The largest absolute Gasteiger partial charge is 0.432 e. The Morgan fingerprint density at radius 1 is 1.29 bits per heavy atom. The zero-order chi connectivity index (χ0) is 12.8. The summed E-state index contributed by atoms with van der Waals surface area (Å²) in [6.45, 7) is 7.11. The van der Waals surface area contributed by atoms with Crippen molar-refractivity contribution < 1.29 is 14.3 Å². The molecule has 0 spiro atoms. The molecule has 1 aromatic carbocycles. The summed E-state index contributed by atoms with van der Waals surface area (Å²) in [7, 11) is 1.52. The second kappa shape index (κ2) is 6.21. The highest BCUT2D eigenvalue weighted by molar-refractivity contribution is 5.87. The monoisotopic (exact) mass is 234 g/mol. The molecular weight excluding hydrogens is 216 g/mol. The molecule has 3 nitrogen and oxygen atoms in total. The number of carbonyl (C=O) groups excluding carboxylic acids is 1. The van der Waals surface area contributed by atoms with Gasteiger partial charge in [0.1, 0.15) is 0 Å². The number of carbonyl (C=O) groups is 1. The van der Waals surface area contributed by atoms with Gasteiger partial charge in [-0.05, 0) is 12.5 Å². The first-order valence-electron chi connectivity index (χ1n) is 5.50. The maximum absolute atomic E-state index is 11.4. The fraction of sp³-hybridized carbons (Fsp3) is 0.357. The first-order chi connectivity index (χ1) is 8.06. The van der Waals surface area contributed by atoms with Crippen molar-refractivity contribution in [3.8, 4) is 0 Å². The van der Waals surface area contributed by atoms with E-state index in [1.165, 1.54) is 7.11 Å². The highest BCUT2D eigenvalue weighted by Gasteiger charge is 2.22. The molecule has 0 N–H and O–H groups in total. The molecule has 0 saturated heterocycles. The van der Waals surface area contributed by atoms with Crippen LogP contribution in [0.3, 0.4) is 0 Å². The van der Waals surface area contributed by atoms with Gasteiger partial charge < -0.3 is 9.47 Å². The van der Waals surface area contributed by atoms with Crippen LogP contribution in [-0.2, 0) is 14.3 Å². The molecular formula is C14H18O3. The van der Waals surface area contributed by atoms with Crippen molar-refractivity contribution in [1.29, 1.82) is 0 Å². The summed E-state index contributed by atoms with van der Waals surface area (Å²) in [6, 6.07) is 9.78. The van der Waals surface area contributed by atoms with E-state index >= 15 is 0 Å². The van der Waals surface area contributed by atoms with Crippen LogP contribution in [0.15, 0.2) is 42.5 Å². The van der Waals surface area contributed by atoms with Crippen LogP contribution in [0.2, 0.25) is 0 Å². The van der Waals surface area contributed by atoms with E-state index in [9.17, 15) is 4.79 Å². The summed E-state index contributed by atoms with van der Waals surface area (Å²) in [4.78, 5) is 11.4. The average Bonchev–Trinajstić information content (AvgIpc) is 2.35. The minimum atomic E-state index is -0.596. The highest BCUT2D eigenvalue weighted by atomic mass is 16.7. The lowest BCUT2D eigenvalue weighted by atomic mass is 10.0. The first kappa shape index (κ1) is 13.5. The number of esters is 1. The molecule has 2 atom stereocenters. The van der Waals surface area contributed by atoms with Crippen LogP contribution in [0.5, 0.6) is 0 Å². The van der Waals surface area contributed by atoms with Crippen molar-refractivity contribution >= 4 is 5.97 Å². The van der Waals surface area contributed by atoms with Crippen molar-refractivity contribution in [1.82, 2.24) is 0 Å². The molecule has 17 heavy (non-hydrogen) atoms. The normalized spacial score (nSPS) is 13.8. The highest BCUT2D eigenvalue weighted by Crippen LogP contribution is 2.22. The second-order valence-corrected chi connectivity index (χ2v) is 3.99. The molecule has 0 aliphatic heterocycles. The minimum absolute atomic E-state index is 0.0236. The molecule has 1 aromatic rings. The summed E-state index contributed by atoms with van der Waals surface area (Å²) in [5, 5.41) is 0. The van der Waals surface area contributed by atoms with E-state index in [1.54, 1.807) is 6.92 Å². The fourth-order valence-electron chi connectivity index (χ4n) is 1.47. The molecule has 3 heteroatoms. The molecule has 0 bridgehead atoms. The van der Waals surface area contributed by atoms with Gasteiger partial charge >= 0.3 is 5.97 Å². The van der Waals surface area contributed by atoms with Crippen LogP contribution in [-0.4, -0.2) is 19.4 Å². The number of hydrogen-bond acceptors (Lipinski definition) is 3. The van der Waals surface area contributed by atoms with E-state index in [1.807, 2.05) is 37.3 Å². The van der Waals surface area contributed by atoms with Crippen LogP contribution in [0.4, 0.5) is 0 Å². The molecule has 0 aromatic heterocycles. The molecule has 0 amide bonds. The van der Waals surface area contributed by atoms with Crippen LogP contribution < -0.4 is 0 Å².